The highest BCUT2D eigenvalue weighted by molar-refractivity contribution is 5.87. The van der Waals surface area contributed by atoms with Gasteiger partial charge in [0.2, 0.25) is 17.7 Å². The molecule has 13 nitrogen and oxygen atoms in total. The molecule has 0 bridgehead atoms. The minimum Gasteiger partial charge on any atom is -0.481 e. The first-order valence-electron chi connectivity index (χ1n) is 14.0. The number of amides is 3. The fraction of sp³-hybridized carbons (Fsp3) is 0.778. The Morgan fingerprint density at radius 3 is 1.65 bits per heavy atom. The van der Waals surface area contributed by atoms with Gasteiger partial charge >= 0.3 is 11.9 Å². The molecule has 0 aromatic carbocycles. The number of nitrogens with one attached hydrogen (secondary N) is 3. The van der Waals surface area contributed by atoms with Crippen LogP contribution in [0.3, 0.4) is 0 Å². The first-order chi connectivity index (χ1) is 19.3. The standard InChI is InChI=1S/C27H46N3O10/c31-17-7-10-22(27(37)38)30-25(34)14-13-24(33)29-16-9-21-40-19-6-5-18-39-20-8-15-28-23(32)11-3-1-2-4-12-26(35)36/h22H,1-16,18-21H2,(H,28,32)(H,29,33)(H,30,34)(H,35,36)(H,37,38)/t22-/m0/s1. The van der Waals surface area contributed by atoms with Crippen LogP contribution in [0.25, 0.3) is 0 Å². The van der Waals surface area contributed by atoms with Gasteiger partial charge in [-0.25, -0.2) is 4.79 Å². The Morgan fingerprint density at radius 1 is 0.625 bits per heavy atom. The second-order valence-electron chi connectivity index (χ2n) is 9.29. The summed E-state index contributed by atoms with van der Waals surface area (Å²) in [4.78, 5) is 67.1. The normalized spacial score (nSPS) is 11.4. The van der Waals surface area contributed by atoms with E-state index < -0.39 is 23.9 Å². The van der Waals surface area contributed by atoms with Crippen LogP contribution in [0.5, 0.6) is 0 Å². The molecule has 0 aromatic heterocycles. The number of rotatable bonds is 28. The highest BCUT2D eigenvalue weighted by atomic mass is 16.5. The van der Waals surface area contributed by atoms with E-state index in [9.17, 15) is 28.8 Å². The maximum absolute atomic E-state index is 11.8. The predicted molar refractivity (Wildman–Crippen MR) is 145 cm³/mol. The molecule has 5 N–H and O–H groups in total. The van der Waals surface area contributed by atoms with Gasteiger partial charge in [-0.3, -0.25) is 24.0 Å². The third kappa shape index (κ3) is 25.2. The summed E-state index contributed by atoms with van der Waals surface area (Å²) in [5.74, 6) is -2.90. The molecule has 0 aliphatic rings. The molecule has 3 amide bonds. The first kappa shape index (κ1) is 36.9. The number of ether oxygens (including phenoxy) is 2. The van der Waals surface area contributed by atoms with Crippen LogP contribution in [0.15, 0.2) is 0 Å². The summed E-state index contributed by atoms with van der Waals surface area (Å²) in [5, 5.41) is 25.4. The van der Waals surface area contributed by atoms with Crippen molar-refractivity contribution in [1.29, 1.82) is 0 Å². The van der Waals surface area contributed by atoms with Crippen LogP contribution in [0.2, 0.25) is 0 Å². The van der Waals surface area contributed by atoms with Crippen molar-refractivity contribution >= 4 is 35.9 Å². The molecule has 0 unspecified atom stereocenters. The van der Waals surface area contributed by atoms with Crippen LogP contribution in [0.1, 0.15) is 89.9 Å². The molecule has 1 radical (unpaired) electrons. The molecular weight excluding hydrogens is 526 g/mol. The Balaban J connectivity index is 3.46. The Bertz CT molecular complexity index is 748. The molecule has 0 saturated carbocycles. The lowest BCUT2D eigenvalue weighted by Gasteiger charge is -2.13. The monoisotopic (exact) mass is 572 g/mol. The summed E-state index contributed by atoms with van der Waals surface area (Å²) in [5.41, 5.74) is 0. The second-order valence-corrected chi connectivity index (χ2v) is 9.29. The fourth-order valence-electron chi connectivity index (χ4n) is 3.46. The van der Waals surface area contributed by atoms with Gasteiger partial charge in [-0.15, -0.1) is 0 Å². The minimum absolute atomic E-state index is 0.00988. The van der Waals surface area contributed by atoms with Gasteiger partial charge in [0.1, 0.15) is 6.04 Å². The molecule has 1 atom stereocenters. The van der Waals surface area contributed by atoms with Gasteiger partial charge in [-0.2, -0.15) is 0 Å². The van der Waals surface area contributed by atoms with Crippen molar-refractivity contribution in [3.63, 3.8) is 0 Å². The number of aliphatic carboxylic acids is 2. The minimum atomic E-state index is -1.24. The molecule has 0 aliphatic heterocycles. The van der Waals surface area contributed by atoms with E-state index in [0.29, 0.717) is 58.8 Å². The van der Waals surface area contributed by atoms with Gasteiger partial charge in [0, 0.05) is 71.6 Å². The average molecular weight is 573 g/mol. The quantitative estimate of drug-likeness (QED) is 0.0856. The fourth-order valence-corrected chi connectivity index (χ4v) is 3.46. The highest BCUT2D eigenvalue weighted by Crippen LogP contribution is 2.05. The van der Waals surface area contributed by atoms with Crippen LogP contribution >= 0.6 is 0 Å². The molecule has 0 saturated heterocycles. The van der Waals surface area contributed by atoms with E-state index in [1.54, 1.807) is 6.29 Å². The van der Waals surface area contributed by atoms with E-state index >= 15 is 0 Å². The van der Waals surface area contributed by atoms with Crippen LogP contribution in [0.4, 0.5) is 0 Å². The van der Waals surface area contributed by atoms with E-state index in [1.165, 1.54) is 0 Å². The largest absolute Gasteiger partial charge is 0.481 e. The maximum Gasteiger partial charge on any atom is 0.326 e. The second kappa shape index (κ2) is 26.2. The van der Waals surface area contributed by atoms with E-state index in [-0.39, 0.29) is 43.9 Å². The number of carbonyl (C=O) groups is 5. The number of carbonyl (C=O) groups excluding carboxylic acids is 4. The topological polar surface area (TPSA) is 197 Å². The van der Waals surface area contributed by atoms with Gasteiger partial charge in [0.25, 0.3) is 0 Å². The van der Waals surface area contributed by atoms with Crippen molar-refractivity contribution in [2.75, 3.05) is 39.5 Å². The average Bonchev–Trinajstić information content (AvgIpc) is 2.91. The zero-order chi connectivity index (χ0) is 29.8. The maximum atomic E-state index is 11.8. The summed E-state index contributed by atoms with van der Waals surface area (Å²) < 4.78 is 11.1. The van der Waals surface area contributed by atoms with E-state index in [4.69, 9.17) is 19.7 Å². The molecule has 40 heavy (non-hydrogen) atoms. The van der Waals surface area contributed by atoms with Crippen molar-refractivity contribution < 1.29 is 48.5 Å². The van der Waals surface area contributed by atoms with Gasteiger partial charge < -0.3 is 35.6 Å². The molecular formula is C27H46N3O10. The molecule has 0 aliphatic carbocycles. The Kier molecular flexibility index (Phi) is 24.2. The lowest BCUT2D eigenvalue weighted by atomic mass is 10.1. The third-order valence-electron chi connectivity index (χ3n) is 5.69. The number of carboxylic acid groups (broad SMARTS) is 2. The Labute approximate surface area is 236 Å². The molecule has 0 spiro atoms. The molecule has 0 rings (SSSR count). The third-order valence-corrected chi connectivity index (χ3v) is 5.69. The van der Waals surface area contributed by atoms with Gasteiger partial charge in [-0.1, -0.05) is 12.8 Å². The van der Waals surface area contributed by atoms with E-state index in [1.807, 2.05) is 0 Å². The number of carboxylic acids is 2. The predicted octanol–water partition coefficient (Wildman–Crippen LogP) is 1.48. The molecule has 0 fully saturated rings. The molecule has 13 heteroatoms. The summed E-state index contributed by atoms with van der Waals surface area (Å²) in [6.45, 7) is 3.21. The molecule has 229 valence electrons. The van der Waals surface area contributed by atoms with Crippen LogP contribution in [-0.2, 0) is 38.2 Å². The lowest BCUT2D eigenvalue weighted by molar-refractivity contribution is -0.142. The number of unbranched alkanes of at least 4 members (excludes halogenated alkanes) is 4. The van der Waals surface area contributed by atoms with Gasteiger partial charge in [0.15, 0.2) is 6.29 Å². The van der Waals surface area contributed by atoms with Crippen LogP contribution in [0, 0.1) is 0 Å². The van der Waals surface area contributed by atoms with Crippen molar-refractivity contribution in [1.82, 2.24) is 16.0 Å². The number of hydrogen-bond donors (Lipinski definition) is 5. The Hall–Kier alpha value is -3.06. The zero-order valence-electron chi connectivity index (χ0n) is 23.4. The van der Waals surface area contributed by atoms with Crippen molar-refractivity contribution in [2.45, 2.75) is 95.9 Å². The highest BCUT2D eigenvalue weighted by Gasteiger charge is 2.19. The van der Waals surface area contributed by atoms with Crippen molar-refractivity contribution in [2.24, 2.45) is 0 Å². The molecule has 0 aromatic rings. The van der Waals surface area contributed by atoms with Gasteiger partial charge in [-0.05, 0) is 44.9 Å². The first-order valence-corrected chi connectivity index (χ1v) is 14.0. The smallest absolute Gasteiger partial charge is 0.326 e. The zero-order valence-corrected chi connectivity index (χ0v) is 23.4. The Morgan fingerprint density at radius 2 is 1.12 bits per heavy atom. The summed E-state index contributed by atoms with van der Waals surface area (Å²) in [6.07, 6.45) is 8.00. The van der Waals surface area contributed by atoms with Crippen LogP contribution in [-0.4, -0.2) is 91.7 Å². The van der Waals surface area contributed by atoms with Gasteiger partial charge in [0.05, 0.1) is 0 Å². The van der Waals surface area contributed by atoms with Crippen molar-refractivity contribution in [3.8, 4) is 0 Å². The van der Waals surface area contributed by atoms with E-state index in [2.05, 4.69) is 16.0 Å². The SMILES string of the molecule is O=[C]CC[C@H](NC(=O)CCC(=O)NCCCOCCCCOCCCNC(=O)CCCCCCC(=O)O)C(=O)O. The lowest BCUT2D eigenvalue weighted by Crippen LogP contribution is -2.41. The number of hydrogen-bond acceptors (Lipinski definition) is 8. The molecule has 0 heterocycles. The summed E-state index contributed by atoms with van der Waals surface area (Å²) in [7, 11) is 0. The van der Waals surface area contributed by atoms with Crippen molar-refractivity contribution in [3.05, 3.63) is 0 Å². The summed E-state index contributed by atoms with van der Waals surface area (Å²) in [6, 6.07) is -1.17. The van der Waals surface area contributed by atoms with Crippen LogP contribution < -0.4 is 16.0 Å². The summed E-state index contributed by atoms with van der Waals surface area (Å²) >= 11 is 0. The van der Waals surface area contributed by atoms with E-state index in [0.717, 1.165) is 38.5 Å².